The summed E-state index contributed by atoms with van der Waals surface area (Å²) < 4.78 is 6.04. The number of hydrogen-bond acceptors (Lipinski definition) is 8. The van der Waals surface area contributed by atoms with E-state index in [0.29, 0.717) is 27.4 Å². The van der Waals surface area contributed by atoms with Gasteiger partial charge >= 0.3 is 5.97 Å². The van der Waals surface area contributed by atoms with Crippen molar-refractivity contribution in [3.05, 3.63) is 57.4 Å². The maximum atomic E-state index is 13.4. The zero-order chi connectivity index (χ0) is 21.8. The highest BCUT2D eigenvalue weighted by Crippen LogP contribution is 2.42. The highest BCUT2D eigenvalue weighted by molar-refractivity contribution is 8.01. The van der Waals surface area contributed by atoms with Gasteiger partial charge in [0.05, 0.1) is 12.2 Å². The second-order valence-electron chi connectivity index (χ2n) is 7.38. The quantitative estimate of drug-likeness (QED) is 0.367. The number of ether oxygens (including phenoxy) is 1. The lowest BCUT2D eigenvalue weighted by Crippen LogP contribution is -2.20. The van der Waals surface area contributed by atoms with Crippen LogP contribution in [-0.4, -0.2) is 28.7 Å². The van der Waals surface area contributed by atoms with Crippen LogP contribution in [0.4, 0.5) is 5.00 Å². The van der Waals surface area contributed by atoms with Crippen LogP contribution in [0.3, 0.4) is 0 Å². The molecule has 2 heterocycles. The van der Waals surface area contributed by atoms with Crippen LogP contribution in [-0.2, 0) is 22.4 Å². The number of nitrogens with one attached hydrogen (secondary N) is 1. The van der Waals surface area contributed by atoms with Gasteiger partial charge in [-0.1, -0.05) is 60.4 Å². The van der Waals surface area contributed by atoms with Crippen molar-refractivity contribution in [2.45, 2.75) is 42.7 Å². The second-order valence-corrected chi connectivity index (χ2v) is 10.7. The van der Waals surface area contributed by atoms with E-state index in [1.807, 2.05) is 30.3 Å². The van der Waals surface area contributed by atoms with E-state index in [2.05, 4.69) is 22.4 Å². The number of esters is 1. The predicted octanol–water partition coefficient (Wildman–Crippen LogP) is 5.37. The van der Waals surface area contributed by atoms with Gasteiger partial charge in [0.15, 0.2) is 4.34 Å². The molecule has 162 valence electrons. The minimum atomic E-state index is -0.512. The van der Waals surface area contributed by atoms with E-state index in [-0.39, 0.29) is 11.9 Å². The summed E-state index contributed by atoms with van der Waals surface area (Å²) in [6.07, 6.45) is 2.78. The smallest absolute Gasteiger partial charge is 0.341 e. The van der Waals surface area contributed by atoms with Gasteiger partial charge in [-0.2, -0.15) is 0 Å². The first kappa shape index (κ1) is 22.0. The number of fused-ring (bicyclic) bond motifs is 1. The summed E-state index contributed by atoms with van der Waals surface area (Å²) in [5, 5.41) is 11.1. The summed E-state index contributed by atoms with van der Waals surface area (Å²) in [6.45, 7) is 4.31. The maximum Gasteiger partial charge on any atom is 0.341 e. The third-order valence-corrected chi connectivity index (χ3v) is 8.36. The fraction of sp³-hybridized carbons (Fsp3) is 0.364. The second kappa shape index (κ2) is 9.93. The number of amides is 1. The molecule has 1 aliphatic carbocycles. The minimum Gasteiger partial charge on any atom is -0.462 e. The summed E-state index contributed by atoms with van der Waals surface area (Å²) in [5.41, 5.74) is 4.07. The van der Waals surface area contributed by atoms with E-state index < -0.39 is 5.25 Å². The van der Waals surface area contributed by atoms with E-state index in [9.17, 15) is 9.59 Å². The Morgan fingerprint density at radius 3 is 2.84 bits per heavy atom. The Morgan fingerprint density at radius 1 is 1.32 bits per heavy atom. The van der Waals surface area contributed by atoms with Crippen molar-refractivity contribution in [2.24, 2.45) is 5.92 Å². The molecule has 6 nitrogen and oxygen atoms in total. The van der Waals surface area contributed by atoms with Crippen molar-refractivity contribution in [1.29, 1.82) is 0 Å². The molecule has 0 saturated carbocycles. The fourth-order valence-corrected chi connectivity index (χ4v) is 6.73. The Labute approximate surface area is 193 Å². The number of carbonyl (C=O) groups excluding carboxylic acids is 2. The van der Waals surface area contributed by atoms with Crippen molar-refractivity contribution in [1.82, 2.24) is 10.2 Å². The van der Waals surface area contributed by atoms with Gasteiger partial charge in [-0.3, -0.25) is 4.79 Å². The third kappa shape index (κ3) is 4.99. The van der Waals surface area contributed by atoms with E-state index in [0.717, 1.165) is 30.4 Å². The van der Waals surface area contributed by atoms with Gasteiger partial charge in [0, 0.05) is 4.88 Å². The molecule has 4 rings (SSSR count). The highest BCUT2D eigenvalue weighted by Gasteiger charge is 2.31. The number of aromatic nitrogens is 2. The van der Waals surface area contributed by atoms with Gasteiger partial charge in [0.2, 0.25) is 5.91 Å². The van der Waals surface area contributed by atoms with Crippen molar-refractivity contribution >= 4 is 51.3 Å². The molecule has 1 amide bonds. The van der Waals surface area contributed by atoms with Crippen molar-refractivity contribution in [3.8, 4) is 0 Å². The summed E-state index contributed by atoms with van der Waals surface area (Å²) in [4.78, 5) is 27.4. The van der Waals surface area contributed by atoms with Gasteiger partial charge in [-0.25, -0.2) is 4.79 Å². The molecule has 3 aromatic rings. The van der Waals surface area contributed by atoms with Gasteiger partial charge in [-0.05, 0) is 43.2 Å². The number of benzene rings is 1. The van der Waals surface area contributed by atoms with Crippen LogP contribution in [0.1, 0.15) is 51.9 Å². The lowest BCUT2D eigenvalue weighted by atomic mass is 9.88. The van der Waals surface area contributed by atoms with Gasteiger partial charge in [-0.15, -0.1) is 21.5 Å². The zero-order valence-electron chi connectivity index (χ0n) is 17.3. The Bertz CT molecular complexity index is 1050. The molecule has 0 aliphatic heterocycles. The molecule has 1 aromatic carbocycles. The van der Waals surface area contributed by atoms with Crippen molar-refractivity contribution in [3.63, 3.8) is 0 Å². The van der Waals surface area contributed by atoms with Crippen LogP contribution >= 0.6 is 34.4 Å². The zero-order valence-corrected chi connectivity index (χ0v) is 19.7. The molecule has 0 saturated heterocycles. The SMILES string of the molecule is CCOC(=O)c1c(NC(=O)[C@H](Sc2nncs2)c2ccccc2)sc2c1CC[C@H](C)C2. The molecule has 0 radical (unpaired) electrons. The molecule has 1 aliphatic rings. The Kier molecular flexibility index (Phi) is 7.04. The van der Waals surface area contributed by atoms with E-state index >= 15 is 0 Å². The molecule has 0 fully saturated rings. The van der Waals surface area contributed by atoms with Crippen LogP contribution in [0.2, 0.25) is 0 Å². The van der Waals surface area contributed by atoms with Crippen LogP contribution in [0, 0.1) is 5.92 Å². The predicted molar refractivity (Wildman–Crippen MR) is 125 cm³/mol. The van der Waals surface area contributed by atoms with Crippen LogP contribution in [0.5, 0.6) is 0 Å². The van der Waals surface area contributed by atoms with E-state index in [4.69, 9.17) is 4.74 Å². The Morgan fingerprint density at radius 2 is 2.13 bits per heavy atom. The Balaban J connectivity index is 1.66. The van der Waals surface area contributed by atoms with Crippen molar-refractivity contribution in [2.75, 3.05) is 11.9 Å². The molecule has 2 atom stereocenters. The monoisotopic (exact) mass is 473 g/mol. The molecular formula is C22H23N3O3S3. The van der Waals surface area contributed by atoms with Crippen LogP contribution in [0.15, 0.2) is 40.2 Å². The lowest BCUT2D eigenvalue weighted by molar-refractivity contribution is -0.115. The normalized spacial score (nSPS) is 16.4. The topological polar surface area (TPSA) is 81.2 Å². The number of hydrogen-bond donors (Lipinski definition) is 1. The number of rotatable bonds is 7. The van der Waals surface area contributed by atoms with Crippen LogP contribution in [0.25, 0.3) is 0 Å². The van der Waals surface area contributed by atoms with Gasteiger partial charge < -0.3 is 10.1 Å². The third-order valence-electron chi connectivity index (χ3n) is 5.13. The number of thioether (sulfide) groups is 1. The molecule has 0 unspecified atom stereocenters. The summed E-state index contributed by atoms with van der Waals surface area (Å²) in [6, 6.07) is 9.58. The summed E-state index contributed by atoms with van der Waals surface area (Å²) >= 11 is 4.25. The first-order valence-electron chi connectivity index (χ1n) is 10.2. The summed E-state index contributed by atoms with van der Waals surface area (Å²) in [5.74, 6) is 0.0104. The van der Waals surface area contributed by atoms with E-state index in [1.165, 1.54) is 39.3 Å². The molecule has 9 heteroatoms. The standard InChI is InChI=1S/C22H23N3O3S3/c1-3-28-21(27)17-15-10-9-13(2)11-16(15)30-20(17)24-19(26)18(14-7-5-4-6-8-14)31-22-25-23-12-29-22/h4-8,12-13,18H,3,9-11H2,1-2H3,(H,24,26)/t13-,18+/m0/s1. The van der Waals surface area contributed by atoms with Gasteiger partial charge in [0.25, 0.3) is 0 Å². The molecule has 0 spiro atoms. The maximum absolute atomic E-state index is 13.4. The summed E-state index contributed by atoms with van der Waals surface area (Å²) in [7, 11) is 0. The average Bonchev–Trinajstić information content (AvgIpc) is 3.39. The average molecular weight is 474 g/mol. The minimum absolute atomic E-state index is 0.191. The molecule has 2 aromatic heterocycles. The number of thiophene rings is 1. The molecule has 1 N–H and O–H groups in total. The largest absolute Gasteiger partial charge is 0.462 e. The number of carbonyl (C=O) groups is 2. The first-order chi connectivity index (χ1) is 15.1. The number of anilines is 1. The van der Waals surface area contributed by atoms with Gasteiger partial charge in [0.1, 0.15) is 15.8 Å². The highest BCUT2D eigenvalue weighted by atomic mass is 32.2. The molecule has 0 bridgehead atoms. The fourth-order valence-electron chi connectivity index (χ4n) is 3.65. The van der Waals surface area contributed by atoms with E-state index in [1.54, 1.807) is 12.4 Å². The molecule has 31 heavy (non-hydrogen) atoms. The molecular weight excluding hydrogens is 450 g/mol. The lowest BCUT2D eigenvalue weighted by Gasteiger charge is -2.18. The Hall–Kier alpha value is -2.23. The van der Waals surface area contributed by atoms with Crippen molar-refractivity contribution < 1.29 is 14.3 Å². The first-order valence-corrected chi connectivity index (χ1v) is 12.7. The van der Waals surface area contributed by atoms with Crippen LogP contribution < -0.4 is 5.32 Å². The number of nitrogens with zero attached hydrogens (tertiary/aromatic N) is 2.